The number of ether oxygens (including phenoxy) is 1. The average Bonchev–Trinajstić information content (AvgIpc) is 2.38. The van der Waals surface area contributed by atoms with Crippen molar-refractivity contribution in [3.63, 3.8) is 0 Å². The molecule has 20 heavy (non-hydrogen) atoms. The first kappa shape index (κ1) is 18.7. The Bertz CT molecular complexity index is 336. The molecule has 0 aliphatic carbocycles. The Morgan fingerprint density at radius 3 is 2.50 bits per heavy atom. The topological polar surface area (TPSA) is 95.9 Å². The molecule has 0 aliphatic heterocycles. The summed E-state index contributed by atoms with van der Waals surface area (Å²) >= 11 is 1.20. The largest absolute Gasteiger partial charge is 0.481 e. The number of esters is 1. The Morgan fingerprint density at radius 1 is 1.35 bits per heavy atom. The number of aliphatic carboxylic acids is 1. The number of carbonyl (C=O) groups is 3. The highest BCUT2D eigenvalue weighted by atomic mass is 32.2. The van der Waals surface area contributed by atoms with Gasteiger partial charge in [-0.2, -0.15) is 11.8 Å². The molecule has 0 unspecified atom stereocenters. The van der Waals surface area contributed by atoms with E-state index in [0.29, 0.717) is 25.1 Å². The number of nitrogens with one attached hydrogen (secondary N) is 1. The van der Waals surface area contributed by atoms with Crippen LogP contribution < -0.4 is 5.32 Å². The van der Waals surface area contributed by atoms with E-state index in [-0.39, 0.29) is 11.7 Å². The molecule has 0 bridgehead atoms. The van der Waals surface area contributed by atoms with Crippen molar-refractivity contribution in [2.75, 3.05) is 39.3 Å². The summed E-state index contributed by atoms with van der Waals surface area (Å²) in [5, 5.41) is 11.1. The van der Waals surface area contributed by atoms with Crippen molar-refractivity contribution < 1.29 is 24.2 Å². The number of hydrogen-bond donors (Lipinski definition) is 2. The predicted octanol–water partition coefficient (Wildman–Crippen LogP) is -0.196. The molecule has 0 saturated heterocycles. The van der Waals surface area contributed by atoms with Crippen LogP contribution in [0.4, 0.5) is 0 Å². The van der Waals surface area contributed by atoms with Crippen LogP contribution >= 0.6 is 11.8 Å². The number of methoxy groups -OCH3 is 1. The number of thioether (sulfide) groups is 1. The lowest BCUT2D eigenvalue weighted by Gasteiger charge is -2.17. The highest BCUT2D eigenvalue weighted by Crippen LogP contribution is 2.06. The van der Waals surface area contributed by atoms with E-state index < -0.39 is 18.0 Å². The van der Waals surface area contributed by atoms with E-state index in [0.717, 1.165) is 0 Å². The third-order valence-electron chi connectivity index (χ3n) is 2.38. The van der Waals surface area contributed by atoms with Crippen LogP contribution in [0.25, 0.3) is 0 Å². The van der Waals surface area contributed by atoms with Crippen molar-refractivity contribution in [3.8, 4) is 0 Å². The number of carboxylic acids is 1. The van der Waals surface area contributed by atoms with Gasteiger partial charge in [-0.05, 0) is 26.3 Å². The number of carbonyl (C=O) groups excluding carboxylic acids is 2. The first-order chi connectivity index (χ1) is 9.36. The molecule has 2 N–H and O–H groups in total. The van der Waals surface area contributed by atoms with Gasteiger partial charge in [-0.25, -0.2) is 4.79 Å². The van der Waals surface area contributed by atoms with E-state index >= 15 is 0 Å². The molecule has 0 radical (unpaired) electrons. The number of rotatable bonds is 10. The predicted molar refractivity (Wildman–Crippen MR) is 76.7 cm³/mol. The first-order valence-electron chi connectivity index (χ1n) is 6.18. The number of carboxylic acid groups (broad SMARTS) is 1. The summed E-state index contributed by atoms with van der Waals surface area (Å²) in [6.07, 6.45) is 0.640. The molecule has 1 atom stereocenters. The van der Waals surface area contributed by atoms with Crippen molar-refractivity contribution in [3.05, 3.63) is 0 Å². The van der Waals surface area contributed by atoms with Gasteiger partial charge in [-0.3, -0.25) is 9.59 Å². The van der Waals surface area contributed by atoms with Gasteiger partial charge >= 0.3 is 11.9 Å². The Kier molecular flexibility index (Phi) is 9.83. The fraction of sp³-hybridized carbons (Fsp3) is 0.750. The maximum atomic E-state index is 11.7. The molecular formula is C12H22N2O5S. The van der Waals surface area contributed by atoms with Crippen molar-refractivity contribution in [2.24, 2.45) is 0 Å². The maximum Gasteiger partial charge on any atom is 0.328 e. The molecule has 0 rings (SSSR count). The highest BCUT2D eigenvalue weighted by molar-refractivity contribution is 7.99. The minimum atomic E-state index is -0.903. The molecule has 0 heterocycles. The molecule has 0 aromatic carbocycles. The summed E-state index contributed by atoms with van der Waals surface area (Å²) in [6, 6.07) is -0.726. The second kappa shape index (κ2) is 10.5. The van der Waals surface area contributed by atoms with Gasteiger partial charge in [0.1, 0.15) is 6.04 Å². The summed E-state index contributed by atoms with van der Waals surface area (Å²) in [5.41, 5.74) is 0. The molecule has 0 aliphatic rings. The van der Waals surface area contributed by atoms with Crippen molar-refractivity contribution in [1.29, 1.82) is 0 Å². The van der Waals surface area contributed by atoms with Gasteiger partial charge in [0.15, 0.2) is 0 Å². The Hall–Kier alpha value is -1.28. The summed E-state index contributed by atoms with van der Waals surface area (Å²) < 4.78 is 4.63. The summed E-state index contributed by atoms with van der Waals surface area (Å²) in [7, 11) is 4.97. The van der Waals surface area contributed by atoms with Gasteiger partial charge in [0.2, 0.25) is 5.91 Å². The van der Waals surface area contributed by atoms with Gasteiger partial charge in [0.25, 0.3) is 0 Å². The first-order valence-corrected chi connectivity index (χ1v) is 7.33. The van der Waals surface area contributed by atoms with Crippen molar-refractivity contribution >= 4 is 29.6 Å². The van der Waals surface area contributed by atoms with Crippen molar-refractivity contribution in [2.45, 2.75) is 18.9 Å². The van der Waals surface area contributed by atoms with Gasteiger partial charge in [-0.1, -0.05) is 0 Å². The zero-order valence-corrected chi connectivity index (χ0v) is 12.9. The molecule has 1 amide bonds. The number of nitrogens with zero attached hydrogens (tertiary/aromatic N) is 1. The summed E-state index contributed by atoms with van der Waals surface area (Å²) in [5.74, 6) is -1.21. The van der Waals surface area contributed by atoms with Crippen LogP contribution in [0.1, 0.15) is 12.8 Å². The minimum Gasteiger partial charge on any atom is -0.481 e. The molecule has 0 aromatic heterocycles. The van der Waals surface area contributed by atoms with Crippen LogP contribution in [-0.2, 0) is 19.1 Å². The smallest absolute Gasteiger partial charge is 0.328 e. The maximum absolute atomic E-state index is 11.7. The Labute approximate surface area is 123 Å². The lowest BCUT2D eigenvalue weighted by molar-refractivity contribution is -0.145. The SMILES string of the molecule is COC(=O)[C@H](CCSCC(=O)O)NC(=O)CCN(C)[13CH3]. The van der Waals surface area contributed by atoms with Gasteiger partial charge in [-0.15, -0.1) is 0 Å². The second-order valence-corrected chi connectivity index (χ2v) is 5.54. The molecule has 0 saturated carbocycles. The minimum absolute atomic E-state index is 0.0253. The van der Waals surface area contributed by atoms with E-state index in [1.54, 1.807) is 0 Å². The van der Waals surface area contributed by atoms with Crippen molar-refractivity contribution in [1.82, 2.24) is 10.2 Å². The quantitative estimate of drug-likeness (QED) is 0.328. The van der Waals surface area contributed by atoms with E-state index in [1.165, 1.54) is 18.9 Å². The summed E-state index contributed by atoms with van der Waals surface area (Å²) in [4.78, 5) is 35.5. The fourth-order valence-corrected chi connectivity index (χ4v) is 2.06. The second-order valence-electron chi connectivity index (χ2n) is 4.43. The van der Waals surface area contributed by atoms with Crippen LogP contribution in [0.3, 0.4) is 0 Å². The van der Waals surface area contributed by atoms with Crippen LogP contribution in [0.2, 0.25) is 0 Å². The molecular weight excluding hydrogens is 285 g/mol. The van der Waals surface area contributed by atoms with E-state index in [9.17, 15) is 14.4 Å². The standard InChI is InChI=1S/C12H22N2O5S/c1-14(2)6-4-10(15)13-9(12(18)19-3)5-7-20-8-11(16)17/h9H,4-8H2,1-3H3,(H,13,15)(H,16,17)/t9-/m0/s1/i1+1. The molecule has 0 spiro atoms. The Balaban J connectivity index is 4.17. The molecule has 116 valence electrons. The lowest BCUT2D eigenvalue weighted by Crippen LogP contribution is -2.42. The number of hydrogen-bond acceptors (Lipinski definition) is 6. The Morgan fingerprint density at radius 2 is 2.00 bits per heavy atom. The monoisotopic (exact) mass is 307 g/mol. The van der Waals surface area contributed by atoms with Gasteiger partial charge < -0.3 is 20.1 Å². The molecule has 7 nitrogen and oxygen atoms in total. The van der Waals surface area contributed by atoms with Crippen LogP contribution in [0.15, 0.2) is 0 Å². The molecule has 0 fully saturated rings. The van der Waals surface area contributed by atoms with Gasteiger partial charge in [0.05, 0.1) is 12.9 Å². The van der Waals surface area contributed by atoms with E-state index in [1.807, 2.05) is 19.0 Å². The van der Waals surface area contributed by atoms with Crippen LogP contribution in [0, 0.1) is 0 Å². The molecule has 8 heteroatoms. The fourth-order valence-electron chi connectivity index (χ4n) is 1.34. The van der Waals surface area contributed by atoms with Crippen LogP contribution in [-0.4, -0.2) is 73.1 Å². The normalized spacial score (nSPS) is 12.0. The molecule has 0 aromatic rings. The zero-order valence-electron chi connectivity index (χ0n) is 12.0. The third kappa shape index (κ3) is 9.62. The summed E-state index contributed by atoms with van der Waals surface area (Å²) in [6.45, 7) is 0.591. The lowest BCUT2D eigenvalue weighted by atomic mass is 10.2. The van der Waals surface area contributed by atoms with Crippen LogP contribution in [0.5, 0.6) is 0 Å². The van der Waals surface area contributed by atoms with E-state index in [2.05, 4.69) is 10.1 Å². The average molecular weight is 307 g/mol. The third-order valence-corrected chi connectivity index (χ3v) is 3.36. The van der Waals surface area contributed by atoms with Gasteiger partial charge in [0, 0.05) is 13.0 Å². The highest BCUT2D eigenvalue weighted by Gasteiger charge is 2.21. The van der Waals surface area contributed by atoms with E-state index in [4.69, 9.17) is 5.11 Å². The zero-order chi connectivity index (χ0) is 15.5. The number of amides is 1.